The highest BCUT2D eigenvalue weighted by Crippen LogP contribution is 2.29. The lowest BCUT2D eigenvalue weighted by atomic mass is 9.84. The van der Waals surface area contributed by atoms with Crippen molar-refractivity contribution in [3.8, 4) is 0 Å². The second-order valence-electron chi connectivity index (χ2n) is 5.95. The summed E-state index contributed by atoms with van der Waals surface area (Å²) in [6.45, 7) is 8.66. The largest absolute Gasteiger partial charge is 0.444 e. The predicted molar refractivity (Wildman–Crippen MR) is 63.9 cm³/mol. The summed E-state index contributed by atoms with van der Waals surface area (Å²) in [6.07, 6.45) is 0.639. The van der Waals surface area contributed by atoms with E-state index in [4.69, 9.17) is 9.47 Å². The number of carbonyl (C=O) groups is 1. The van der Waals surface area contributed by atoms with Crippen molar-refractivity contribution < 1.29 is 14.3 Å². The monoisotopic (exact) mass is 242 g/mol. The molecule has 98 valence electrons. The van der Waals surface area contributed by atoms with E-state index in [-0.39, 0.29) is 11.6 Å². The minimum absolute atomic E-state index is 0.277. The normalized spacial score (nSPS) is 33.0. The predicted octanol–water partition coefficient (Wildman–Crippen LogP) is 0.890. The Kier molecular flexibility index (Phi) is 3.32. The third-order valence-electron chi connectivity index (χ3n) is 3.33. The van der Waals surface area contributed by atoms with Gasteiger partial charge in [0.05, 0.1) is 12.1 Å². The molecule has 1 amide bonds. The van der Waals surface area contributed by atoms with Crippen molar-refractivity contribution in [3.05, 3.63) is 0 Å². The molecule has 0 bridgehead atoms. The van der Waals surface area contributed by atoms with Gasteiger partial charge in [0, 0.05) is 25.6 Å². The summed E-state index contributed by atoms with van der Waals surface area (Å²) in [5.74, 6) is 0.448. The topological polar surface area (TPSA) is 59.6 Å². The van der Waals surface area contributed by atoms with Crippen LogP contribution in [0.5, 0.6) is 0 Å². The zero-order valence-electron chi connectivity index (χ0n) is 10.8. The Morgan fingerprint density at radius 2 is 2.29 bits per heavy atom. The molecule has 0 aromatic heterocycles. The van der Waals surface area contributed by atoms with Gasteiger partial charge in [0.2, 0.25) is 0 Å². The molecule has 2 rings (SSSR count). The van der Waals surface area contributed by atoms with E-state index in [2.05, 4.69) is 10.6 Å². The molecule has 0 saturated carbocycles. The molecule has 2 fully saturated rings. The number of rotatable bonds is 1. The summed E-state index contributed by atoms with van der Waals surface area (Å²) in [5, 5.41) is 6.33. The quantitative estimate of drug-likeness (QED) is 0.717. The molecule has 2 heterocycles. The van der Waals surface area contributed by atoms with E-state index in [0.29, 0.717) is 12.5 Å². The van der Waals surface area contributed by atoms with Crippen LogP contribution in [-0.2, 0) is 9.47 Å². The third-order valence-corrected chi connectivity index (χ3v) is 3.33. The smallest absolute Gasteiger partial charge is 0.408 e. The van der Waals surface area contributed by atoms with Gasteiger partial charge in [-0.1, -0.05) is 0 Å². The fourth-order valence-corrected chi connectivity index (χ4v) is 2.53. The first-order valence-electron chi connectivity index (χ1n) is 6.21. The summed E-state index contributed by atoms with van der Waals surface area (Å²) < 4.78 is 10.8. The van der Waals surface area contributed by atoms with Crippen molar-refractivity contribution in [3.63, 3.8) is 0 Å². The highest BCUT2D eigenvalue weighted by atomic mass is 16.6. The van der Waals surface area contributed by atoms with Crippen LogP contribution in [0, 0.1) is 5.92 Å². The fourth-order valence-electron chi connectivity index (χ4n) is 2.53. The summed E-state index contributed by atoms with van der Waals surface area (Å²) >= 11 is 0. The molecule has 1 unspecified atom stereocenters. The summed E-state index contributed by atoms with van der Waals surface area (Å²) in [6, 6.07) is 0. The van der Waals surface area contributed by atoms with Gasteiger partial charge in [0.25, 0.3) is 0 Å². The van der Waals surface area contributed by atoms with E-state index >= 15 is 0 Å². The molecule has 5 heteroatoms. The van der Waals surface area contributed by atoms with Crippen molar-refractivity contribution in [1.29, 1.82) is 0 Å². The number of ether oxygens (including phenoxy) is 2. The van der Waals surface area contributed by atoms with Crippen molar-refractivity contribution in [2.24, 2.45) is 5.92 Å². The maximum Gasteiger partial charge on any atom is 0.408 e. The number of fused-ring (bicyclic) bond motifs is 1. The maximum atomic E-state index is 11.8. The second-order valence-corrected chi connectivity index (χ2v) is 5.95. The molecular weight excluding hydrogens is 220 g/mol. The van der Waals surface area contributed by atoms with Crippen LogP contribution in [-0.4, -0.2) is 43.5 Å². The van der Waals surface area contributed by atoms with Gasteiger partial charge in [-0.05, 0) is 27.2 Å². The van der Waals surface area contributed by atoms with Crippen LogP contribution in [0.4, 0.5) is 4.79 Å². The van der Waals surface area contributed by atoms with E-state index in [1.807, 2.05) is 20.8 Å². The minimum Gasteiger partial charge on any atom is -0.444 e. The number of hydrogen-bond acceptors (Lipinski definition) is 4. The lowest BCUT2D eigenvalue weighted by molar-refractivity contribution is -0.00891. The van der Waals surface area contributed by atoms with Crippen molar-refractivity contribution in [2.75, 3.05) is 26.3 Å². The first kappa shape index (κ1) is 12.6. The fraction of sp³-hybridized carbons (Fsp3) is 0.917. The highest BCUT2D eigenvalue weighted by molar-refractivity contribution is 5.69. The molecule has 0 radical (unpaired) electrons. The first-order chi connectivity index (χ1) is 7.91. The average Bonchev–Trinajstić information content (AvgIpc) is 2.57. The van der Waals surface area contributed by atoms with Crippen molar-refractivity contribution in [1.82, 2.24) is 10.6 Å². The van der Waals surface area contributed by atoms with Gasteiger partial charge >= 0.3 is 6.09 Å². The SMILES string of the molecule is CC(C)(C)OC(=O)N[C@]12CNCC1CCOC2. The van der Waals surface area contributed by atoms with E-state index < -0.39 is 5.60 Å². The van der Waals surface area contributed by atoms with Gasteiger partial charge in [-0.3, -0.25) is 0 Å². The molecule has 5 nitrogen and oxygen atoms in total. The van der Waals surface area contributed by atoms with E-state index in [1.165, 1.54) is 0 Å². The molecule has 0 aliphatic carbocycles. The molecule has 2 N–H and O–H groups in total. The lowest BCUT2D eigenvalue weighted by Crippen LogP contribution is -2.60. The van der Waals surface area contributed by atoms with Crippen LogP contribution in [0.1, 0.15) is 27.2 Å². The van der Waals surface area contributed by atoms with Crippen molar-refractivity contribution in [2.45, 2.75) is 38.3 Å². The van der Waals surface area contributed by atoms with Gasteiger partial charge in [-0.15, -0.1) is 0 Å². The summed E-state index contributed by atoms with van der Waals surface area (Å²) in [5.41, 5.74) is -0.738. The molecule has 2 atom stereocenters. The highest BCUT2D eigenvalue weighted by Gasteiger charge is 2.46. The molecule has 0 spiro atoms. The number of amides is 1. The van der Waals surface area contributed by atoms with Gasteiger partial charge in [-0.2, -0.15) is 0 Å². The summed E-state index contributed by atoms with van der Waals surface area (Å²) in [7, 11) is 0. The van der Waals surface area contributed by atoms with E-state index in [9.17, 15) is 4.79 Å². The van der Waals surface area contributed by atoms with E-state index in [0.717, 1.165) is 26.1 Å². The Balaban J connectivity index is 1.98. The zero-order valence-corrected chi connectivity index (χ0v) is 10.8. The Bertz CT molecular complexity index is 301. The number of alkyl carbamates (subject to hydrolysis) is 1. The van der Waals surface area contributed by atoms with Crippen LogP contribution < -0.4 is 10.6 Å². The number of hydrogen-bond donors (Lipinski definition) is 2. The zero-order chi connectivity index (χ0) is 12.5. The molecule has 17 heavy (non-hydrogen) atoms. The van der Waals surface area contributed by atoms with Gasteiger partial charge in [-0.25, -0.2) is 4.79 Å². The van der Waals surface area contributed by atoms with E-state index in [1.54, 1.807) is 0 Å². The van der Waals surface area contributed by atoms with Crippen LogP contribution in [0.3, 0.4) is 0 Å². The Hall–Kier alpha value is -0.810. The van der Waals surface area contributed by atoms with Crippen LogP contribution in [0.2, 0.25) is 0 Å². The van der Waals surface area contributed by atoms with Crippen LogP contribution in [0.25, 0.3) is 0 Å². The number of nitrogens with one attached hydrogen (secondary N) is 2. The molecule has 0 aromatic rings. The van der Waals surface area contributed by atoms with Crippen LogP contribution >= 0.6 is 0 Å². The maximum absolute atomic E-state index is 11.8. The first-order valence-corrected chi connectivity index (χ1v) is 6.21. The minimum atomic E-state index is -0.461. The van der Waals surface area contributed by atoms with Crippen molar-refractivity contribution >= 4 is 6.09 Å². The lowest BCUT2D eigenvalue weighted by Gasteiger charge is -2.39. The second kappa shape index (κ2) is 4.46. The van der Waals surface area contributed by atoms with Crippen LogP contribution in [0.15, 0.2) is 0 Å². The Morgan fingerprint density at radius 3 is 3.00 bits per heavy atom. The molecule has 2 aliphatic heterocycles. The molecule has 2 aliphatic rings. The Labute approximate surface area is 102 Å². The standard InChI is InChI=1S/C12H22N2O3/c1-11(2,3)17-10(15)14-12-7-13-6-9(12)4-5-16-8-12/h9,13H,4-8H2,1-3H3,(H,14,15)/t9?,12-/m0/s1. The average molecular weight is 242 g/mol. The molecule has 0 aromatic carbocycles. The molecular formula is C12H22N2O3. The van der Waals surface area contributed by atoms with Gasteiger partial charge in [0.1, 0.15) is 5.60 Å². The number of carbonyl (C=O) groups excluding carboxylic acids is 1. The summed E-state index contributed by atoms with van der Waals surface area (Å²) in [4.78, 5) is 11.8. The Morgan fingerprint density at radius 1 is 1.53 bits per heavy atom. The van der Waals surface area contributed by atoms with Gasteiger partial charge in [0.15, 0.2) is 0 Å². The third kappa shape index (κ3) is 2.90. The molecule has 2 saturated heterocycles. The van der Waals surface area contributed by atoms with Gasteiger partial charge < -0.3 is 20.1 Å².